The molecule has 0 unspecified atom stereocenters. The van der Waals surface area contributed by atoms with E-state index in [1.54, 1.807) is 86.8 Å². The van der Waals surface area contributed by atoms with E-state index in [2.05, 4.69) is 20.8 Å². The predicted molar refractivity (Wildman–Crippen MR) is 212 cm³/mol. The molecule has 0 fully saturated rings. The quantitative estimate of drug-likeness (QED) is 0.128. The lowest BCUT2D eigenvalue weighted by Gasteiger charge is -2.13. The summed E-state index contributed by atoms with van der Waals surface area (Å²) >= 11 is 18.3. The van der Waals surface area contributed by atoms with Gasteiger partial charge in [-0.25, -0.2) is 36.5 Å². The maximum Gasteiger partial charge on any atom is 0.240 e. The van der Waals surface area contributed by atoms with Gasteiger partial charge in [0.15, 0.2) is 0 Å². The van der Waals surface area contributed by atoms with Gasteiger partial charge in [0.25, 0.3) is 0 Å². The highest BCUT2D eigenvalue weighted by atomic mass is 35.5. The summed E-state index contributed by atoms with van der Waals surface area (Å²) in [5.74, 6) is -0.675. The summed E-state index contributed by atoms with van der Waals surface area (Å²) in [6.07, 6.45) is 3.22. The Bertz CT molecular complexity index is 2620. The Morgan fingerprint density at radius 2 is 1.16 bits per heavy atom. The average Bonchev–Trinajstić information content (AvgIpc) is 3.75. The predicted octanol–water partition coefficient (Wildman–Crippen LogP) is 5.98. The Labute approximate surface area is 332 Å². The van der Waals surface area contributed by atoms with Crippen LogP contribution in [-0.4, -0.2) is 48.2 Å². The molecule has 0 aliphatic carbocycles. The zero-order valence-corrected chi connectivity index (χ0v) is 33.0. The van der Waals surface area contributed by atoms with Crippen molar-refractivity contribution in [1.29, 1.82) is 0 Å². The molecule has 55 heavy (non-hydrogen) atoms. The van der Waals surface area contributed by atoms with Crippen molar-refractivity contribution >= 4 is 78.0 Å². The molecule has 19 heteroatoms. The molecular weight excluding hydrogens is 811 g/mol. The number of nitrogens with two attached hydrogens (primary N) is 2. The van der Waals surface area contributed by atoms with Gasteiger partial charge in [-0.05, 0) is 79.6 Å². The number of nitrogens with one attached hydrogen (secondary N) is 2. The summed E-state index contributed by atoms with van der Waals surface area (Å²) in [6, 6.07) is 24.4. The monoisotopic (exact) mass is 842 g/mol. The fourth-order valence-corrected chi connectivity index (χ4v) is 7.32. The van der Waals surface area contributed by atoms with Crippen molar-refractivity contribution in [1.82, 2.24) is 19.6 Å². The number of carbonyl (C=O) groups is 2. The van der Waals surface area contributed by atoms with Crippen LogP contribution in [0.15, 0.2) is 113 Å². The van der Waals surface area contributed by atoms with Gasteiger partial charge < -0.3 is 10.6 Å². The number of carbonyl (C=O) groups excluding carboxylic acids is 2. The van der Waals surface area contributed by atoms with E-state index in [0.717, 1.165) is 0 Å². The number of aromatic nitrogens is 4. The minimum absolute atomic E-state index is 0.0409. The van der Waals surface area contributed by atoms with Crippen LogP contribution >= 0.6 is 34.8 Å². The molecule has 6 rings (SSSR count). The van der Waals surface area contributed by atoms with Crippen molar-refractivity contribution in [3.8, 4) is 11.4 Å². The first-order valence-electron chi connectivity index (χ1n) is 16.0. The summed E-state index contributed by atoms with van der Waals surface area (Å²) < 4.78 is 51.0. The third-order valence-corrected chi connectivity index (χ3v) is 11.1. The van der Waals surface area contributed by atoms with E-state index in [1.165, 1.54) is 39.8 Å². The molecule has 0 bridgehead atoms. The second-order valence-corrected chi connectivity index (χ2v) is 16.2. The highest BCUT2D eigenvalue weighted by Crippen LogP contribution is 2.29. The second kappa shape index (κ2) is 17.2. The maximum absolute atomic E-state index is 12.4. The Balaban J connectivity index is 0.000000212. The van der Waals surface area contributed by atoms with Gasteiger partial charge in [-0.3, -0.25) is 9.59 Å². The highest BCUT2D eigenvalue weighted by Gasteiger charge is 2.21. The first-order valence-corrected chi connectivity index (χ1v) is 20.3. The van der Waals surface area contributed by atoms with E-state index >= 15 is 0 Å². The van der Waals surface area contributed by atoms with Crippen LogP contribution in [-0.2, 0) is 42.5 Å². The largest absolute Gasteiger partial charge is 0.326 e. The van der Waals surface area contributed by atoms with E-state index in [0.29, 0.717) is 49.0 Å². The van der Waals surface area contributed by atoms with E-state index in [4.69, 9.17) is 45.1 Å². The van der Waals surface area contributed by atoms with Crippen LogP contribution in [0, 0.1) is 13.8 Å². The number of nitrogens with zero attached hydrogens (tertiary/aromatic N) is 4. The normalized spacial score (nSPS) is 11.4. The Morgan fingerprint density at radius 1 is 0.691 bits per heavy atom. The van der Waals surface area contributed by atoms with Gasteiger partial charge in [-0.15, -0.1) is 0 Å². The van der Waals surface area contributed by atoms with Crippen LogP contribution in [0.1, 0.15) is 22.5 Å². The van der Waals surface area contributed by atoms with E-state index < -0.39 is 20.0 Å². The molecule has 2 heterocycles. The number of anilines is 2. The van der Waals surface area contributed by atoms with Crippen LogP contribution < -0.4 is 20.9 Å². The lowest BCUT2D eigenvalue weighted by molar-refractivity contribution is -0.116. The van der Waals surface area contributed by atoms with Crippen LogP contribution in [0.5, 0.6) is 0 Å². The molecule has 2 aromatic heterocycles. The SMILES string of the molecule is Cc1nn(-c2ccc(NC(=O)Cc3ccccc3Cl)cc2S(N)(=O)=O)c(C)c1Cl.NS(=O)(=O)c1cc(NC(=O)Cc2ccccc2Cl)ccc1-n1cccn1. The Morgan fingerprint density at radius 3 is 1.58 bits per heavy atom. The van der Waals surface area contributed by atoms with Crippen LogP contribution in [0.2, 0.25) is 15.1 Å². The van der Waals surface area contributed by atoms with E-state index in [1.807, 2.05) is 0 Å². The molecule has 4 aromatic carbocycles. The van der Waals surface area contributed by atoms with Crippen molar-refractivity contribution in [2.45, 2.75) is 36.5 Å². The maximum atomic E-state index is 12.4. The third kappa shape index (κ3) is 10.4. The van der Waals surface area contributed by atoms with E-state index in [9.17, 15) is 26.4 Å². The molecule has 0 radical (unpaired) electrons. The molecule has 6 aromatic rings. The molecule has 0 atom stereocenters. The summed E-state index contributed by atoms with van der Waals surface area (Å²) in [6.45, 7) is 3.43. The number of rotatable bonds is 10. The summed E-state index contributed by atoms with van der Waals surface area (Å²) in [4.78, 5) is 24.3. The minimum atomic E-state index is -4.10. The van der Waals surface area contributed by atoms with Crippen molar-refractivity contribution in [3.05, 3.63) is 141 Å². The minimum Gasteiger partial charge on any atom is -0.326 e. The smallest absolute Gasteiger partial charge is 0.240 e. The standard InChI is InChI=1S/C19H18Cl2N4O3S.C17H15ClN4O3S/c1-11-19(21)12(2)25(24-11)16-8-7-14(10-17(16)29(22,27)28)23-18(26)9-13-5-3-4-6-15(13)20;18-14-5-2-1-4-12(14)10-17(23)21-13-6-7-15(22-9-3-8-20-22)16(11-13)26(19,24)25/h3-8,10H,9H2,1-2H3,(H,23,26)(H2,22,27,28);1-9,11H,10H2,(H,21,23)(H2,19,24,25). The van der Waals surface area contributed by atoms with Crippen molar-refractivity contribution < 1.29 is 26.4 Å². The number of aryl methyl sites for hydroxylation is 1. The van der Waals surface area contributed by atoms with Gasteiger partial charge in [0.2, 0.25) is 31.9 Å². The summed E-state index contributed by atoms with van der Waals surface area (Å²) in [5.41, 5.74) is 3.58. The van der Waals surface area contributed by atoms with Gasteiger partial charge >= 0.3 is 0 Å². The van der Waals surface area contributed by atoms with Gasteiger partial charge in [0.05, 0.1) is 40.6 Å². The number of sulfonamides is 2. The zero-order valence-electron chi connectivity index (χ0n) is 29.1. The first-order chi connectivity index (χ1) is 25.9. The number of benzene rings is 4. The van der Waals surface area contributed by atoms with Crippen LogP contribution in [0.25, 0.3) is 11.4 Å². The molecule has 6 N–H and O–H groups in total. The lowest BCUT2D eigenvalue weighted by Crippen LogP contribution is -2.18. The number of amides is 2. The highest BCUT2D eigenvalue weighted by molar-refractivity contribution is 7.89. The summed E-state index contributed by atoms with van der Waals surface area (Å²) in [5, 5.41) is 25.7. The molecule has 2 amide bonds. The fraction of sp³-hybridized carbons (Fsp3) is 0.111. The lowest BCUT2D eigenvalue weighted by atomic mass is 10.1. The molecule has 14 nitrogen and oxygen atoms in total. The van der Waals surface area contributed by atoms with Gasteiger partial charge in [-0.1, -0.05) is 71.2 Å². The van der Waals surface area contributed by atoms with Gasteiger partial charge in [-0.2, -0.15) is 10.2 Å². The zero-order chi connectivity index (χ0) is 40.1. The number of hydrogen-bond acceptors (Lipinski definition) is 8. The average molecular weight is 844 g/mol. The topological polar surface area (TPSA) is 214 Å². The second-order valence-electron chi connectivity index (χ2n) is 11.9. The number of hydrogen-bond donors (Lipinski definition) is 4. The summed E-state index contributed by atoms with van der Waals surface area (Å²) in [7, 11) is -8.12. The van der Waals surface area contributed by atoms with Crippen LogP contribution in [0.4, 0.5) is 11.4 Å². The molecule has 0 aliphatic rings. The number of primary sulfonamides is 2. The van der Waals surface area contributed by atoms with E-state index in [-0.39, 0.29) is 45.8 Å². The van der Waals surface area contributed by atoms with Crippen molar-refractivity contribution in [2.24, 2.45) is 10.3 Å². The van der Waals surface area contributed by atoms with Crippen molar-refractivity contribution in [2.75, 3.05) is 10.6 Å². The number of halogens is 3. The van der Waals surface area contributed by atoms with Crippen molar-refractivity contribution in [3.63, 3.8) is 0 Å². The fourth-order valence-electron chi connectivity index (χ4n) is 5.31. The molecule has 286 valence electrons. The molecule has 0 saturated carbocycles. The molecule has 0 saturated heterocycles. The molecule has 0 aliphatic heterocycles. The Kier molecular flexibility index (Phi) is 12.8. The van der Waals surface area contributed by atoms with Gasteiger partial charge in [0, 0.05) is 33.8 Å². The van der Waals surface area contributed by atoms with Gasteiger partial charge in [0.1, 0.15) is 9.79 Å². The Hall–Kier alpha value is -5.07. The third-order valence-electron chi connectivity index (χ3n) is 7.90. The molecule has 0 spiro atoms. The molecular formula is C36H33Cl3N8O6S2. The van der Waals surface area contributed by atoms with Crippen LogP contribution in [0.3, 0.4) is 0 Å². The first kappa shape index (κ1) is 41.1.